The van der Waals surface area contributed by atoms with Gasteiger partial charge in [0.05, 0.1) is 0 Å². The molecule has 0 radical (unpaired) electrons. The van der Waals surface area contributed by atoms with Gasteiger partial charge in [0.1, 0.15) is 5.82 Å². The fourth-order valence-corrected chi connectivity index (χ4v) is 4.51. The molecule has 1 unspecified atom stereocenters. The van der Waals surface area contributed by atoms with Gasteiger partial charge in [-0.15, -0.1) is 11.3 Å². The lowest BCUT2D eigenvalue weighted by atomic mass is 10.2. The van der Waals surface area contributed by atoms with E-state index in [1.165, 1.54) is 28.5 Å². The third kappa shape index (κ3) is 4.51. The van der Waals surface area contributed by atoms with Gasteiger partial charge < -0.3 is 15.3 Å². The largest absolute Gasteiger partial charge is 0.476 e. The Kier molecular flexibility index (Phi) is 5.59. The molecular weight excluding hydrogens is 362 g/mol. The van der Waals surface area contributed by atoms with E-state index in [0.29, 0.717) is 29.6 Å². The number of aromatic amines is 1. The maximum atomic E-state index is 12.1. The number of carboxylic acid groups (broad SMARTS) is 1. The van der Waals surface area contributed by atoms with Gasteiger partial charge in [-0.05, 0) is 13.3 Å². The van der Waals surface area contributed by atoms with Crippen LogP contribution >= 0.6 is 23.1 Å². The number of thiazole rings is 1. The first-order chi connectivity index (χ1) is 12.0. The second kappa shape index (κ2) is 7.87. The van der Waals surface area contributed by atoms with E-state index in [1.807, 2.05) is 17.9 Å². The molecule has 2 aromatic rings. The predicted molar refractivity (Wildman–Crippen MR) is 96.3 cm³/mol. The summed E-state index contributed by atoms with van der Waals surface area (Å²) in [6, 6.07) is 2.08. The molecule has 1 aliphatic rings. The number of amides is 1. The molecule has 0 aliphatic carbocycles. The molecule has 3 heterocycles. The maximum Gasteiger partial charge on any atom is 0.355 e. The van der Waals surface area contributed by atoms with Crippen molar-refractivity contribution in [1.29, 1.82) is 0 Å². The summed E-state index contributed by atoms with van der Waals surface area (Å²) in [7, 11) is 0. The number of nitrogens with one attached hydrogen (secondary N) is 2. The van der Waals surface area contributed by atoms with Crippen molar-refractivity contribution in [2.75, 3.05) is 24.2 Å². The number of anilines is 1. The topological polar surface area (TPSA) is 111 Å². The van der Waals surface area contributed by atoms with Crippen molar-refractivity contribution in [3.05, 3.63) is 22.8 Å². The summed E-state index contributed by atoms with van der Waals surface area (Å²) in [6.07, 6.45) is 1.40. The standard InChI is InChI=1S/C15H19N5O3S2/c1-9-6-12(19-18-9)16-7-10-2-3-13(21)20(10)4-5-24-15-17-11(8-25-15)14(22)23/h6,8,10H,2-5,7H2,1H3,(H,22,23)(H2,16,18,19). The van der Waals surface area contributed by atoms with Gasteiger partial charge in [-0.3, -0.25) is 9.89 Å². The summed E-state index contributed by atoms with van der Waals surface area (Å²) in [5, 5.41) is 20.7. The molecule has 0 aromatic carbocycles. The van der Waals surface area contributed by atoms with Crippen LogP contribution in [-0.2, 0) is 4.79 Å². The fraction of sp³-hybridized carbons (Fsp3) is 0.467. The Morgan fingerprint density at radius 3 is 3.12 bits per heavy atom. The molecule has 1 fully saturated rings. The average Bonchev–Trinajstić information content (AvgIpc) is 3.28. The van der Waals surface area contributed by atoms with Gasteiger partial charge in [-0.25, -0.2) is 9.78 Å². The first kappa shape index (κ1) is 17.7. The molecule has 0 saturated carbocycles. The van der Waals surface area contributed by atoms with Gasteiger partial charge in [0.25, 0.3) is 0 Å². The van der Waals surface area contributed by atoms with Gasteiger partial charge in [0, 0.05) is 48.4 Å². The van der Waals surface area contributed by atoms with Crippen molar-refractivity contribution < 1.29 is 14.7 Å². The van der Waals surface area contributed by atoms with Gasteiger partial charge in [-0.1, -0.05) is 11.8 Å². The first-order valence-corrected chi connectivity index (χ1v) is 9.76. The quantitative estimate of drug-likeness (QED) is 0.600. The van der Waals surface area contributed by atoms with E-state index in [1.54, 1.807) is 0 Å². The van der Waals surface area contributed by atoms with Crippen molar-refractivity contribution in [3.63, 3.8) is 0 Å². The predicted octanol–water partition coefficient (Wildman–Crippen LogP) is 2.07. The van der Waals surface area contributed by atoms with Crippen LogP contribution in [0.1, 0.15) is 29.0 Å². The second-order valence-electron chi connectivity index (χ2n) is 5.75. The van der Waals surface area contributed by atoms with Gasteiger partial charge >= 0.3 is 5.97 Å². The third-order valence-corrected chi connectivity index (χ3v) is 5.94. The van der Waals surface area contributed by atoms with Crippen LogP contribution in [0.4, 0.5) is 5.82 Å². The highest BCUT2D eigenvalue weighted by Gasteiger charge is 2.30. The molecule has 25 heavy (non-hydrogen) atoms. The molecule has 1 saturated heterocycles. The Labute approximate surface area is 153 Å². The van der Waals surface area contributed by atoms with Crippen molar-refractivity contribution in [2.45, 2.75) is 30.1 Å². The van der Waals surface area contributed by atoms with Crippen molar-refractivity contribution in [1.82, 2.24) is 20.1 Å². The number of thioether (sulfide) groups is 1. The number of carbonyl (C=O) groups excluding carboxylic acids is 1. The number of likely N-dealkylation sites (tertiary alicyclic amines) is 1. The number of aromatic carboxylic acids is 1. The van der Waals surface area contributed by atoms with E-state index >= 15 is 0 Å². The molecular formula is C15H19N5O3S2. The van der Waals surface area contributed by atoms with Crippen LogP contribution in [0, 0.1) is 6.92 Å². The van der Waals surface area contributed by atoms with E-state index in [0.717, 1.165) is 17.9 Å². The van der Waals surface area contributed by atoms with E-state index in [4.69, 9.17) is 5.11 Å². The molecule has 3 N–H and O–H groups in total. The Bertz CT molecular complexity index is 760. The molecule has 134 valence electrons. The Balaban J connectivity index is 1.48. The smallest absolute Gasteiger partial charge is 0.355 e. The minimum Gasteiger partial charge on any atom is -0.476 e. The number of carbonyl (C=O) groups is 2. The highest BCUT2D eigenvalue weighted by atomic mass is 32.2. The van der Waals surface area contributed by atoms with Crippen LogP contribution < -0.4 is 5.32 Å². The highest BCUT2D eigenvalue weighted by molar-refractivity contribution is 8.01. The first-order valence-electron chi connectivity index (χ1n) is 7.90. The SMILES string of the molecule is Cc1cc(NCC2CCC(=O)N2CCSc2nc(C(=O)O)cs2)n[nH]1. The lowest BCUT2D eigenvalue weighted by Crippen LogP contribution is -2.39. The molecule has 10 heteroatoms. The number of aryl methyl sites for hydroxylation is 1. The zero-order valence-electron chi connectivity index (χ0n) is 13.7. The molecule has 1 atom stereocenters. The minimum absolute atomic E-state index is 0.0705. The summed E-state index contributed by atoms with van der Waals surface area (Å²) in [5.41, 5.74) is 1.06. The average molecular weight is 381 g/mol. The number of carboxylic acids is 1. The normalized spacial score (nSPS) is 17.2. The molecule has 0 spiro atoms. The Hall–Kier alpha value is -2.07. The summed E-state index contributed by atoms with van der Waals surface area (Å²) in [6.45, 7) is 3.23. The van der Waals surface area contributed by atoms with Gasteiger partial charge in [0.15, 0.2) is 10.0 Å². The lowest BCUT2D eigenvalue weighted by Gasteiger charge is -2.24. The Morgan fingerprint density at radius 2 is 2.44 bits per heavy atom. The summed E-state index contributed by atoms with van der Waals surface area (Å²) in [5.74, 6) is 0.625. The van der Waals surface area contributed by atoms with E-state index in [-0.39, 0.29) is 17.6 Å². The molecule has 3 rings (SSSR count). The molecule has 1 aliphatic heterocycles. The number of hydrogen-bond donors (Lipinski definition) is 3. The Morgan fingerprint density at radius 1 is 1.60 bits per heavy atom. The third-order valence-electron chi connectivity index (χ3n) is 3.94. The lowest BCUT2D eigenvalue weighted by molar-refractivity contribution is -0.128. The summed E-state index contributed by atoms with van der Waals surface area (Å²) in [4.78, 5) is 28.9. The summed E-state index contributed by atoms with van der Waals surface area (Å²) >= 11 is 2.80. The number of aromatic nitrogens is 3. The van der Waals surface area contributed by atoms with Crippen LogP contribution in [-0.4, -0.2) is 61.9 Å². The highest BCUT2D eigenvalue weighted by Crippen LogP contribution is 2.25. The summed E-state index contributed by atoms with van der Waals surface area (Å²) < 4.78 is 0.714. The number of nitrogens with zero attached hydrogens (tertiary/aromatic N) is 3. The zero-order valence-corrected chi connectivity index (χ0v) is 15.3. The number of hydrogen-bond acceptors (Lipinski definition) is 7. The number of rotatable bonds is 8. The molecule has 2 aromatic heterocycles. The van der Waals surface area contributed by atoms with Crippen molar-refractivity contribution >= 4 is 40.8 Å². The maximum absolute atomic E-state index is 12.1. The van der Waals surface area contributed by atoms with Crippen LogP contribution in [0.3, 0.4) is 0 Å². The van der Waals surface area contributed by atoms with Crippen LogP contribution in [0.2, 0.25) is 0 Å². The van der Waals surface area contributed by atoms with E-state index < -0.39 is 5.97 Å². The second-order valence-corrected chi connectivity index (χ2v) is 7.95. The number of H-pyrrole nitrogens is 1. The van der Waals surface area contributed by atoms with Crippen LogP contribution in [0.5, 0.6) is 0 Å². The monoisotopic (exact) mass is 381 g/mol. The van der Waals surface area contributed by atoms with Crippen molar-refractivity contribution in [3.8, 4) is 0 Å². The molecule has 1 amide bonds. The van der Waals surface area contributed by atoms with Crippen LogP contribution in [0.25, 0.3) is 0 Å². The van der Waals surface area contributed by atoms with E-state index in [9.17, 15) is 9.59 Å². The van der Waals surface area contributed by atoms with Gasteiger partial charge in [-0.2, -0.15) is 5.10 Å². The van der Waals surface area contributed by atoms with Crippen LogP contribution in [0.15, 0.2) is 15.8 Å². The molecule has 0 bridgehead atoms. The minimum atomic E-state index is -1.02. The van der Waals surface area contributed by atoms with Crippen molar-refractivity contribution in [2.24, 2.45) is 0 Å². The van der Waals surface area contributed by atoms with Gasteiger partial charge in [0.2, 0.25) is 5.91 Å². The van der Waals surface area contributed by atoms with E-state index in [2.05, 4.69) is 20.5 Å². The fourth-order valence-electron chi connectivity index (χ4n) is 2.70. The molecule has 8 nitrogen and oxygen atoms in total. The zero-order chi connectivity index (χ0) is 17.8.